The van der Waals surface area contributed by atoms with Crippen molar-refractivity contribution in [2.45, 2.75) is 64.1 Å². The number of carbonyl (C=O) groups excluding carboxylic acids is 1. The van der Waals surface area contributed by atoms with E-state index in [1.54, 1.807) is 6.20 Å². The standard InChI is InChI=1S/C20H31N5O2/c1-13(2)19-16(4-3-9-27-19)23-17-7-8-21-20(24-17)22-11-14-10-18(26)25(12-14)15-5-6-15/h7-8,13-16,19H,3-6,9-12H2,1-2H3,(H2,21,22,23,24)/t14-,16+,19-/m0/s1. The lowest BCUT2D eigenvalue weighted by Crippen LogP contribution is -2.43. The third kappa shape index (κ3) is 4.51. The normalized spacial score (nSPS) is 28.6. The minimum Gasteiger partial charge on any atom is -0.376 e. The van der Waals surface area contributed by atoms with Crippen LogP contribution in [0.25, 0.3) is 0 Å². The summed E-state index contributed by atoms with van der Waals surface area (Å²) < 4.78 is 5.96. The zero-order valence-corrected chi connectivity index (χ0v) is 16.4. The van der Waals surface area contributed by atoms with E-state index in [0.29, 0.717) is 36.2 Å². The van der Waals surface area contributed by atoms with Crippen LogP contribution in [-0.4, -0.2) is 58.7 Å². The lowest BCUT2D eigenvalue weighted by atomic mass is 9.94. The summed E-state index contributed by atoms with van der Waals surface area (Å²) in [5.41, 5.74) is 0. The number of rotatable bonds is 7. The van der Waals surface area contributed by atoms with Gasteiger partial charge in [-0.25, -0.2) is 4.98 Å². The number of anilines is 2. The van der Waals surface area contributed by atoms with Crippen molar-refractivity contribution in [3.8, 4) is 0 Å². The van der Waals surface area contributed by atoms with Crippen LogP contribution in [0.2, 0.25) is 0 Å². The van der Waals surface area contributed by atoms with Gasteiger partial charge in [-0.3, -0.25) is 4.79 Å². The van der Waals surface area contributed by atoms with Crippen molar-refractivity contribution >= 4 is 17.7 Å². The lowest BCUT2D eigenvalue weighted by Gasteiger charge is -2.35. The Kier molecular flexibility index (Phi) is 5.48. The van der Waals surface area contributed by atoms with Crippen LogP contribution in [0.4, 0.5) is 11.8 Å². The average Bonchev–Trinajstić information content (AvgIpc) is 3.43. The van der Waals surface area contributed by atoms with Crippen LogP contribution in [0.1, 0.15) is 46.0 Å². The van der Waals surface area contributed by atoms with Gasteiger partial charge in [0.25, 0.3) is 0 Å². The summed E-state index contributed by atoms with van der Waals surface area (Å²) in [7, 11) is 0. The number of amides is 1. The molecule has 148 valence electrons. The summed E-state index contributed by atoms with van der Waals surface area (Å²) in [6.45, 7) is 6.84. The SMILES string of the molecule is CC(C)[C@@H]1OCCC[C@H]1Nc1ccnc(NC[C@@H]2CC(=O)N(C3CC3)C2)n1. The van der Waals surface area contributed by atoms with E-state index < -0.39 is 0 Å². The largest absolute Gasteiger partial charge is 0.376 e. The van der Waals surface area contributed by atoms with Crippen molar-refractivity contribution in [2.75, 3.05) is 30.3 Å². The highest BCUT2D eigenvalue weighted by atomic mass is 16.5. The Hall–Kier alpha value is -1.89. The summed E-state index contributed by atoms with van der Waals surface area (Å²) in [6.07, 6.45) is 7.14. The highest BCUT2D eigenvalue weighted by Crippen LogP contribution is 2.32. The van der Waals surface area contributed by atoms with E-state index in [0.717, 1.165) is 38.4 Å². The molecule has 0 spiro atoms. The fraction of sp³-hybridized carbons (Fsp3) is 0.750. The number of hydrogen-bond donors (Lipinski definition) is 2. The Morgan fingerprint density at radius 1 is 1.33 bits per heavy atom. The number of aromatic nitrogens is 2. The van der Waals surface area contributed by atoms with Gasteiger partial charge in [-0.2, -0.15) is 4.98 Å². The molecule has 3 fully saturated rings. The zero-order chi connectivity index (χ0) is 18.8. The van der Waals surface area contributed by atoms with Crippen LogP contribution in [0.3, 0.4) is 0 Å². The van der Waals surface area contributed by atoms with Crippen molar-refractivity contribution in [3.63, 3.8) is 0 Å². The maximum Gasteiger partial charge on any atom is 0.224 e. The summed E-state index contributed by atoms with van der Waals surface area (Å²) in [5, 5.41) is 6.87. The third-order valence-electron chi connectivity index (χ3n) is 5.79. The molecule has 0 bridgehead atoms. The summed E-state index contributed by atoms with van der Waals surface area (Å²) in [5.74, 6) is 2.57. The second kappa shape index (κ2) is 8.00. The van der Waals surface area contributed by atoms with Crippen LogP contribution in [0.15, 0.2) is 12.3 Å². The van der Waals surface area contributed by atoms with Crippen LogP contribution in [-0.2, 0) is 9.53 Å². The molecule has 7 heteroatoms. The number of carbonyl (C=O) groups is 1. The quantitative estimate of drug-likeness (QED) is 0.765. The van der Waals surface area contributed by atoms with Gasteiger partial charge in [0.1, 0.15) is 5.82 Å². The van der Waals surface area contributed by atoms with Crippen LogP contribution >= 0.6 is 0 Å². The zero-order valence-electron chi connectivity index (χ0n) is 16.4. The maximum absolute atomic E-state index is 12.1. The molecular formula is C20H31N5O2. The molecule has 4 rings (SSSR count). The van der Waals surface area contributed by atoms with Crippen molar-refractivity contribution in [2.24, 2.45) is 11.8 Å². The van der Waals surface area contributed by atoms with Crippen molar-refractivity contribution in [1.29, 1.82) is 0 Å². The Morgan fingerprint density at radius 3 is 2.96 bits per heavy atom. The number of nitrogens with zero attached hydrogens (tertiary/aromatic N) is 3. The van der Waals surface area contributed by atoms with Crippen LogP contribution in [0.5, 0.6) is 0 Å². The second-order valence-electron chi connectivity index (χ2n) is 8.47. The van der Waals surface area contributed by atoms with Crippen molar-refractivity contribution in [1.82, 2.24) is 14.9 Å². The van der Waals surface area contributed by atoms with E-state index in [1.165, 1.54) is 12.8 Å². The summed E-state index contributed by atoms with van der Waals surface area (Å²) in [4.78, 5) is 23.1. The molecule has 0 aromatic carbocycles. The molecule has 1 amide bonds. The number of ether oxygens (including phenoxy) is 1. The number of nitrogens with one attached hydrogen (secondary N) is 2. The van der Waals surface area contributed by atoms with Gasteiger partial charge in [0.15, 0.2) is 0 Å². The van der Waals surface area contributed by atoms with Crippen LogP contribution < -0.4 is 10.6 Å². The first-order valence-electron chi connectivity index (χ1n) is 10.3. The van der Waals surface area contributed by atoms with Gasteiger partial charge >= 0.3 is 0 Å². The molecule has 2 saturated heterocycles. The molecule has 3 aliphatic rings. The molecule has 27 heavy (non-hydrogen) atoms. The molecule has 7 nitrogen and oxygen atoms in total. The van der Waals surface area contributed by atoms with E-state index in [1.807, 2.05) is 6.07 Å². The lowest BCUT2D eigenvalue weighted by molar-refractivity contribution is -0.128. The molecule has 3 atom stereocenters. The van der Waals surface area contributed by atoms with E-state index in [9.17, 15) is 4.79 Å². The third-order valence-corrected chi connectivity index (χ3v) is 5.79. The maximum atomic E-state index is 12.1. The molecule has 2 aliphatic heterocycles. The molecule has 1 aromatic rings. The molecule has 0 radical (unpaired) electrons. The number of hydrogen-bond acceptors (Lipinski definition) is 6. The Bertz CT molecular complexity index is 664. The van der Waals surface area contributed by atoms with Gasteiger partial charge in [-0.05, 0) is 37.7 Å². The fourth-order valence-corrected chi connectivity index (χ4v) is 4.25. The second-order valence-corrected chi connectivity index (χ2v) is 8.47. The first-order chi connectivity index (χ1) is 13.1. The fourth-order valence-electron chi connectivity index (χ4n) is 4.25. The molecule has 2 N–H and O–H groups in total. The predicted molar refractivity (Wildman–Crippen MR) is 105 cm³/mol. The van der Waals surface area contributed by atoms with Gasteiger partial charge in [0.2, 0.25) is 11.9 Å². The molecule has 3 heterocycles. The summed E-state index contributed by atoms with van der Waals surface area (Å²) in [6, 6.07) is 2.70. The smallest absolute Gasteiger partial charge is 0.224 e. The predicted octanol–water partition coefficient (Wildman–Crippen LogP) is 2.51. The molecule has 1 saturated carbocycles. The molecular weight excluding hydrogens is 342 g/mol. The highest BCUT2D eigenvalue weighted by Gasteiger charge is 2.39. The van der Waals surface area contributed by atoms with Gasteiger partial charge < -0.3 is 20.3 Å². The monoisotopic (exact) mass is 373 g/mol. The Labute approximate surface area is 161 Å². The molecule has 0 unspecified atom stereocenters. The minimum atomic E-state index is 0.211. The average molecular weight is 374 g/mol. The topological polar surface area (TPSA) is 79.4 Å². The molecule has 1 aliphatic carbocycles. The Balaban J connectivity index is 1.31. The van der Waals surface area contributed by atoms with Gasteiger partial charge in [-0.15, -0.1) is 0 Å². The molecule has 1 aromatic heterocycles. The van der Waals surface area contributed by atoms with Crippen LogP contribution in [0, 0.1) is 11.8 Å². The number of likely N-dealkylation sites (tertiary alicyclic amines) is 1. The van der Waals surface area contributed by atoms with E-state index in [2.05, 4.69) is 39.3 Å². The van der Waals surface area contributed by atoms with Gasteiger partial charge in [0.05, 0.1) is 12.1 Å². The van der Waals surface area contributed by atoms with E-state index in [-0.39, 0.29) is 12.1 Å². The minimum absolute atomic E-state index is 0.211. The highest BCUT2D eigenvalue weighted by molar-refractivity contribution is 5.79. The van der Waals surface area contributed by atoms with E-state index >= 15 is 0 Å². The van der Waals surface area contributed by atoms with Gasteiger partial charge in [0, 0.05) is 44.3 Å². The van der Waals surface area contributed by atoms with Crippen molar-refractivity contribution < 1.29 is 9.53 Å². The van der Waals surface area contributed by atoms with Gasteiger partial charge in [-0.1, -0.05) is 13.8 Å². The Morgan fingerprint density at radius 2 is 2.19 bits per heavy atom. The first-order valence-corrected chi connectivity index (χ1v) is 10.3. The summed E-state index contributed by atoms with van der Waals surface area (Å²) >= 11 is 0. The van der Waals surface area contributed by atoms with Crippen molar-refractivity contribution in [3.05, 3.63) is 12.3 Å². The first kappa shape index (κ1) is 18.5. The van der Waals surface area contributed by atoms with E-state index in [4.69, 9.17) is 4.74 Å².